The molecule has 6 nitrogen and oxygen atoms in total. The highest BCUT2D eigenvalue weighted by atomic mass is 16.7. The molecule has 0 spiro atoms. The van der Waals surface area contributed by atoms with Gasteiger partial charge in [-0.05, 0) is 18.1 Å². The van der Waals surface area contributed by atoms with E-state index in [-0.39, 0.29) is 13.2 Å². The first-order valence-corrected chi connectivity index (χ1v) is 10.6. The molecular weight excluding hydrogens is 396 g/mol. The molecule has 1 heterocycles. The molecular formula is C25H30O6. The van der Waals surface area contributed by atoms with Gasteiger partial charge in [0.05, 0.1) is 38.4 Å². The van der Waals surface area contributed by atoms with Crippen molar-refractivity contribution < 1.29 is 29.2 Å². The van der Waals surface area contributed by atoms with Crippen LogP contribution in [0, 0.1) is 5.92 Å². The molecule has 6 heteroatoms. The van der Waals surface area contributed by atoms with E-state index < -0.39 is 35.6 Å². The van der Waals surface area contributed by atoms with Gasteiger partial charge in [0.15, 0.2) is 5.60 Å². The third-order valence-electron chi connectivity index (χ3n) is 6.13. The first-order valence-electron chi connectivity index (χ1n) is 10.6. The smallest absolute Gasteiger partial charge is 0.206 e. The third kappa shape index (κ3) is 4.20. The highest BCUT2D eigenvalue weighted by Gasteiger charge is 2.85. The summed E-state index contributed by atoms with van der Waals surface area (Å²) in [7, 11) is 0. The van der Waals surface area contributed by atoms with Crippen molar-refractivity contribution in [2.75, 3.05) is 13.2 Å². The van der Waals surface area contributed by atoms with Gasteiger partial charge in [-0.1, -0.05) is 66.7 Å². The largest absolute Gasteiger partial charge is 0.381 e. The van der Waals surface area contributed by atoms with E-state index in [1.807, 2.05) is 67.6 Å². The summed E-state index contributed by atoms with van der Waals surface area (Å²) in [5.74, 6) is -2.38. The molecule has 4 rings (SSSR count). The maximum absolute atomic E-state index is 11.5. The van der Waals surface area contributed by atoms with Crippen LogP contribution in [0.2, 0.25) is 0 Å². The zero-order valence-corrected chi connectivity index (χ0v) is 17.7. The van der Waals surface area contributed by atoms with Crippen LogP contribution in [0.15, 0.2) is 73.3 Å². The standard InChI is InChI=1S/C25H30O6/c1-3-14-28-17-21-24(26)23(30-16-20-12-8-5-9-13-20)22(18(2)31-25(21,24)27)29-15-19-10-6-4-7-11-19/h3-13,18,21-23,26-27H,1,14-17H2,2H3/t18-,21?,22-,23+,24+,25-/m0/s1. The van der Waals surface area contributed by atoms with Crippen LogP contribution in [0.1, 0.15) is 18.1 Å². The summed E-state index contributed by atoms with van der Waals surface area (Å²) < 4.78 is 23.8. The molecule has 1 aliphatic carbocycles. The van der Waals surface area contributed by atoms with Crippen LogP contribution >= 0.6 is 0 Å². The number of hydrogen-bond acceptors (Lipinski definition) is 6. The number of fused-ring (bicyclic) bond motifs is 1. The van der Waals surface area contributed by atoms with Crippen molar-refractivity contribution in [2.24, 2.45) is 5.92 Å². The first kappa shape index (κ1) is 22.1. The van der Waals surface area contributed by atoms with Crippen molar-refractivity contribution in [3.63, 3.8) is 0 Å². The highest BCUT2D eigenvalue weighted by Crippen LogP contribution is 2.62. The van der Waals surface area contributed by atoms with Crippen molar-refractivity contribution >= 4 is 0 Å². The number of rotatable bonds is 10. The average molecular weight is 427 g/mol. The van der Waals surface area contributed by atoms with E-state index >= 15 is 0 Å². The van der Waals surface area contributed by atoms with E-state index in [1.54, 1.807) is 6.08 Å². The van der Waals surface area contributed by atoms with Gasteiger partial charge in [0.1, 0.15) is 12.2 Å². The minimum atomic E-state index is -1.73. The molecule has 0 bridgehead atoms. The third-order valence-corrected chi connectivity index (χ3v) is 6.13. The zero-order chi connectivity index (χ0) is 21.9. The van der Waals surface area contributed by atoms with Gasteiger partial charge >= 0.3 is 0 Å². The molecule has 0 amide bonds. The Morgan fingerprint density at radius 2 is 1.55 bits per heavy atom. The van der Waals surface area contributed by atoms with Gasteiger partial charge in [-0.3, -0.25) is 0 Å². The molecule has 1 aliphatic heterocycles. The molecule has 166 valence electrons. The summed E-state index contributed by atoms with van der Waals surface area (Å²) >= 11 is 0. The van der Waals surface area contributed by atoms with Crippen molar-refractivity contribution in [1.82, 2.24) is 0 Å². The van der Waals surface area contributed by atoms with Crippen LogP contribution in [0.5, 0.6) is 0 Å². The van der Waals surface area contributed by atoms with Gasteiger partial charge in [-0.15, -0.1) is 6.58 Å². The van der Waals surface area contributed by atoms with Crippen LogP contribution < -0.4 is 0 Å². The maximum Gasteiger partial charge on any atom is 0.206 e. The molecule has 2 aliphatic rings. The molecule has 2 N–H and O–H groups in total. The average Bonchev–Trinajstić information content (AvgIpc) is 3.26. The SMILES string of the molecule is C=CCOCC1[C@]2(O)O[C@@H](C)[C@H](OCc3ccccc3)[C@@H](OCc3ccccc3)[C@]12O. The van der Waals surface area contributed by atoms with Gasteiger partial charge in [-0.25, -0.2) is 0 Å². The predicted molar refractivity (Wildman–Crippen MR) is 115 cm³/mol. The molecule has 6 atom stereocenters. The van der Waals surface area contributed by atoms with Gasteiger partial charge in [0, 0.05) is 0 Å². The van der Waals surface area contributed by atoms with Gasteiger partial charge in [0.2, 0.25) is 5.79 Å². The lowest BCUT2D eigenvalue weighted by Gasteiger charge is -2.41. The lowest BCUT2D eigenvalue weighted by molar-refractivity contribution is -0.299. The predicted octanol–water partition coefficient (Wildman–Crippen LogP) is 2.83. The summed E-state index contributed by atoms with van der Waals surface area (Å²) in [6.07, 6.45) is -0.223. The zero-order valence-electron chi connectivity index (χ0n) is 17.7. The lowest BCUT2D eigenvalue weighted by atomic mass is 9.96. The van der Waals surface area contributed by atoms with E-state index in [2.05, 4.69) is 6.58 Å². The van der Waals surface area contributed by atoms with Crippen LogP contribution in [0.3, 0.4) is 0 Å². The van der Waals surface area contributed by atoms with Crippen LogP contribution in [0.4, 0.5) is 0 Å². The Bertz CT molecular complexity index is 859. The van der Waals surface area contributed by atoms with E-state index in [1.165, 1.54) is 0 Å². The lowest BCUT2D eigenvalue weighted by Crippen LogP contribution is -2.58. The van der Waals surface area contributed by atoms with Crippen LogP contribution in [-0.4, -0.2) is 53.1 Å². The fraction of sp³-hybridized carbons (Fsp3) is 0.440. The second-order valence-electron chi connectivity index (χ2n) is 8.20. The topological polar surface area (TPSA) is 77.4 Å². The monoisotopic (exact) mass is 426 g/mol. The van der Waals surface area contributed by atoms with Crippen LogP contribution in [0.25, 0.3) is 0 Å². The molecule has 1 unspecified atom stereocenters. The summed E-state index contributed by atoms with van der Waals surface area (Å²) in [5.41, 5.74) is 0.346. The Labute approximate surface area is 183 Å². The number of aliphatic hydroxyl groups is 2. The summed E-state index contributed by atoms with van der Waals surface area (Å²) in [6, 6.07) is 19.5. The van der Waals surface area contributed by atoms with Crippen molar-refractivity contribution in [2.45, 2.75) is 49.8 Å². The Hall–Kier alpha value is -2.06. The normalized spacial score (nSPS) is 34.2. The molecule has 1 saturated carbocycles. The second kappa shape index (κ2) is 9.20. The Morgan fingerprint density at radius 1 is 0.968 bits per heavy atom. The van der Waals surface area contributed by atoms with Gasteiger partial charge in [0.25, 0.3) is 0 Å². The maximum atomic E-state index is 11.5. The summed E-state index contributed by atoms with van der Waals surface area (Å²) in [6.45, 7) is 6.53. The van der Waals surface area contributed by atoms with E-state index in [9.17, 15) is 10.2 Å². The fourth-order valence-corrected chi connectivity index (χ4v) is 4.42. The van der Waals surface area contributed by atoms with E-state index in [0.29, 0.717) is 13.2 Å². The molecule has 31 heavy (non-hydrogen) atoms. The Kier molecular flexibility index (Phi) is 6.57. The van der Waals surface area contributed by atoms with Crippen molar-refractivity contribution in [1.29, 1.82) is 0 Å². The Balaban J connectivity index is 1.54. The van der Waals surface area contributed by atoms with Gasteiger partial charge < -0.3 is 29.2 Å². The van der Waals surface area contributed by atoms with Crippen LogP contribution in [-0.2, 0) is 32.2 Å². The number of ether oxygens (including phenoxy) is 4. The molecule has 0 aromatic heterocycles. The highest BCUT2D eigenvalue weighted by molar-refractivity contribution is 5.29. The molecule has 2 fully saturated rings. The second-order valence-corrected chi connectivity index (χ2v) is 8.20. The van der Waals surface area contributed by atoms with Crippen molar-refractivity contribution in [3.8, 4) is 0 Å². The number of benzene rings is 2. The van der Waals surface area contributed by atoms with Gasteiger partial charge in [-0.2, -0.15) is 0 Å². The Morgan fingerprint density at radius 3 is 2.13 bits per heavy atom. The molecule has 2 aromatic rings. The van der Waals surface area contributed by atoms with E-state index in [0.717, 1.165) is 11.1 Å². The van der Waals surface area contributed by atoms with Crippen molar-refractivity contribution in [3.05, 3.63) is 84.4 Å². The first-order chi connectivity index (χ1) is 15.0. The van der Waals surface area contributed by atoms with E-state index in [4.69, 9.17) is 18.9 Å². The molecule has 2 aromatic carbocycles. The fourth-order valence-electron chi connectivity index (χ4n) is 4.42. The molecule has 0 radical (unpaired) electrons. The molecule has 1 saturated heterocycles. The quantitative estimate of drug-likeness (QED) is 0.449. The number of hydrogen-bond donors (Lipinski definition) is 2. The summed E-state index contributed by atoms with van der Waals surface area (Å²) in [5, 5.41) is 22.6. The summed E-state index contributed by atoms with van der Waals surface area (Å²) in [4.78, 5) is 0. The minimum absolute atomic E-state index is 0.127. The minimum Gasteiger partial charge on any atom is -0.381 e.